The first-order valence-corrected chi connectivity index (χ1v) is 8.89. The number of fused-ring (bicyclic) bond motifs is 2. The molecule has 0 saturated carbocycles. The van der Waals surface area contributed by atoms with Crippen molar-refractivity contribution in [3.63, 3.8) is 0 Å². The molecule has 1 aliphatic rings. The van der Waals surface area contributed by atoms with Gasteiger partial charge in [-0.3, -0.25) is 9.78 Å². The number of ether oxygens (including phenoxy) is 1. The SMILES string of the molecule is O=C(O)Cc1csc2cc(O[C@H]3CCc4ncccc43)cc(Cl)c12. The Hall–Kier alpha value is -2.11. The summed E-state index contributed by atoms with van der Waals surface area (Å²) in [6, 6.07) is 7.69. The van der Waals surface area contributed by atoms with Crippen LogP contribution in [0.25, 0.3) is 10.1 Å². The van der Waals surface area contributed by atoms with Gasteiger partial charge < -0.3 is 9.84 Å². The molecule has 2 aromatic heterocycles. The van der Waals surface area contributed by atoms with Crippen LogP contribution in [0.5, 0.6) is 5.75 Å². The fourth-order valence-corrected chi connectivity index (χ4v) is 4.58. The van der Waals surface area contributed by atoms with Gasteiger partial charge in [-0.2, -0.15) is 0 Å². The lowest BCUT2D eigenvalue weighted by atomic mass is 10.1. The van der Waals surface area contributed by atoms with E-state index in [1.807, 2.05) is 17.5 Å². The second-order valence-corrected chi connectivity index (χ2v) is 7.11. The van der Waals surface area contributed by atoms with Gasteiger partial charge in [0.15, 0.2) is 0 Å². The average Bonchev–Trinajstić information content (AvgIpc) is 3.12. The predicted molar refractivity (Wildman–Crippen MR) is 94.1 cm³/mol. The molecule has 24 heavy (non-hydrogen) atoms. The molecule has 0 unspecified atom stereocenters. The van der Waals surface area contributed by atoms with Crippen molar-refractivity contribution in [3.8, 4) is 5.75 Å². The molecule has 0 fully saturated rings. The van der Waals surface area contributed by atoms with Gasteiger partial charge >= 0.3 is 5.97 Å². The number of aryl methyl sites for hydroxylation is 1. The van der Waals surface area contributed by atoms with E-state index in [1.54, 1.807) is 12.3 Å². The minimum atomic E-state index is -0.860. The van der Waals surface area contributed by atoms with E-state index in [1.165, 1.54) is 11.3 Å². The zero-order valence-electron chi connectivity index (χ0n) is 12.7. The quantitative estimate of drug-likeness (QED) is 0.737. The van der Waals surface area contributed by atoms with Crippen LogP contribution in [-0.4, -0.2) is 16.1 Å². The maximum absolute atomic E-state index is 11.0. The van der Waals surface area contributed by atoms with E-state index >= 15 is 0 Å². The Bertz CT molecular complexity index is 937. The van der Waals surface area contributed by atoms with Crippen LogP contribution in [0.1, 0.15) is 29.3 Å². The van der Waals surface area contributed by atoms with Crippen LogP contribution in [0.3, 0.4) is 0 Å². The highest BCUT2D eigenvalue weighted by molar-refractivity contribution is 7.17. The van der Waals surface area contributed by atoms with Gasteiger partial charge in [0.1, 0.15) is 11.9 Å². The van der Waals surface area contributed by atoms with Gasteiger partial charge in [0.05, 0.1) is 11.4 Å². The van der Waals surface area contributed by atoms with Gasteiger partial charge in [0.2, 0.25) is 0 Å². The predicted octanol–water partition coefficient (Wildman–Crippen LogP) is 4.64. The maximum Gasteiger partial charge on any atom is 0.307 e. The third kappa shape index (κ3) is 2.74. The number of benzene rings is 1. The Morgan fingerprint density at radius 2 is 2.33 bits per heavy atom. The summed E-state index contributed by atoms with van der Waals surface area (Å²) >= 11 is 7.89. The van der Waals surface area contributed by atoms with Gasteiger partial charge in [-0.05, 0) is 42.0 Å². The van der Waals surface area contributed by atoms with Gasteiger partial charge in [-0.25, -0.2) is 0 Å². The number of carbonyl (C=O) groups is 1. The first-order chi connectivity index (χ1) is 11.6. The molecule has 0 radical (unpaired) electrons. The molecule has 1 aromatic carbocycles. The van der Waals surface area contributed by atoms with Crippen molar-refractivity contribution in [2.24, 2.45) is 0 Å². The largest absolute Gasteiger partial charge is 0.486 e. The molecule has 2 heterocycles. The van der Waals surface area contributed by atoms with Crippen LogP contribution in [-0.2, 0) is 17.6 Å². The second kappa shape index (κ2) is 6.07. The molecule has 1 atom stereocenters. The summed E-state index contributed by atoms with van der Waals surface area (Å²) in [5.74, 6) is -0.154. The molecule has 6 heteroatoms. The highest BCUT2D eigenvalue weighted by Gasteiger charge is 2.25. The van der Waals surface area contributed by atoms with E-state index in [9.17, 15) is 4.79 Å². The van der Waals surface area contributed by atoms with Gasteiger partial charge in [-0.1, -0.05) is 17.7 Å². The minimum Gasteiger partial charge on any atom is -0.486 e. The van der Waals surface area contributed by atoms with Crippen molar-refractivity contribution < 1.29 is 14.6 Å². The summed E-state index contributed by atoms with van der Waals surface area (Å²) in [6.07, 6.45) is 3.58. The van der Waals surface area contributed by atoms with Crippen LogP contribution < -0.4 is 4.74 Å². The number of thiophene rings is 1. The molecule has 0 spiro atoms. The standard InChI is InChI=1S/C18H14ClNO3S/c19-13-7-11(8-16-18(13)10(9-24-16)6-17(21)22)23-15-4-3-14-12(15)2-1-5-20-14/h1-2,5,7-9,15H,3-4,6H2,(H,21,22)/t15-/m0/s1. The number of hydrogen-bond acceptors (Lipinski definition) is 4. The van der Waals surface area contributed by atoms with E-state index in [2.05, 4.69) is 11.1 Å². The van der Waals surface area contributed by atoms with Crippen molar-refractivity contribution in [2.45, 2.75) is 25.4 Å². The van der Waals surface area contributed by atoms with E-state index < -0.39 is 5.97 Å². The molecule has 4 rings (SSSR count). The number of pyridine rings is 1. The Balaban J connectivity index is 1.66. The first-order valence-electron chi connectivity index (χ1n) is 7.63. The number of carboxylic acid groups (broad SMARTS) is 1. The highest BCUT2D eigenvalue weighted by atomic mass is 35.5. The lowest BCUT2D eigenvalue weighted by Gasteiger charge is -2.15. The van der Waals surface area contributed by atoms with Gasteiger partial charge in [0, 0.05) is 27.5 Å². The van der Waals surface area contributed by atoms with Crippen LogP contribution >= 0.6 is 22.9 Å². The molecule has 122 valence electrons. The van der Waals surface area contributed by atoms with Crippen molar-refractivity contribution in [3.05, 3.63) is 57.7 Å². The molecule has 0 saturated heterocycles. The molecule has 1 N–H and O–H groups in total. The molecule has 1 aliphatic carbocycles. The topological polar surface area (TPSA) is 59.4 Å². The molecule has 4 nitrogen and oxygen atoms in total. The number of aromatic nitrogens is 1. The Morgan fingerprint density at radius 3 is 3.17 bits per heavy atom. The van der Waals surface area contributed by atoms with Crippen LogP contribution in [0.15, 0.2) is 35.8 Å². The van der Waals surface area contributed by atoms with E-state index in [0.29, 0.717) is 10.8 Å². The van der Waals surface area contributed by atoms with Gasteiger partial charge in [0.25, 0.3) is 0 Å². The summed E-state index contributed by atoms with van der Waals surface area (Å²) in [5, 5.41) is 12.2. The van der Waals surface area contributed by atoms with Crippen LogP contribution in [0.4, 0.5) is 0 Å². The summed E-state index contributed by atoms with van der Waals surface area (Å²) in [4.78, 5) is 15.4. The third-order valence-corrected chi connectivity index (χ3v) is 5.49. The Morgan fingerprint density at radius 1 is 1.46 bits per heavy atom. The Labute approximate surface area is 147 Å². The highest BCUT2D eigenvalue weighted by Crippen LogP contribution is 2.39. The molecule has 0 bridgehead atoms. The minimum absolute atomic E-state index is 0.0133. The van der Waals surface area contributed by atoms with E-state index in [4.69, 9.17) is 21.4 Å². The number of aliphatic carboxylic acids is 1. The number of nitrogens with zero attached hydrogens (tertiary/aromatic N) is 1. The first kappa shape index (κ1) is 15.4. The average molecular weight is 360 g/mol. The molecule has 3 aromatic rings. The van der Waals surface area contributed by atoms with Crippen LogP contribution in [0.2, 0.25) is 5.02 Å². The van der Waals surface area contributed by atoms with Crippen molar-refractivity contribution in [1.29, 1.82) is 0 Å². The molecular weight excluding hydrogens is 346 g/mol. The Kier molecular flexibility index (Phi) is 3.90. The monoisotopic (exact) mass is 359 g/mol. The van der Waals surface area contributed by atoms with Crippen molar-refractivity contribution >= 4 is 39.0 Å². The zero-order valence-corrected chi connectivity index (χ0v) is 14.2. The fourth-order valence-electron chi connectivity index (χ4n) is 3.18. The number of rotatable bonds is 4. The summed E-state index contributed by atoms with van der Waals surface area (Å²) < 4.78 is 7.09. The van der Waals surface area contributed by atoms with Crippen molar-refractivity contribution in [2.75, 3.05) is 0 Å². The third-order valence-electron chi connectivity index (χ3n) is 4.21. The van der Waals surface area contributed by atoms with E-state index in [-0.39, 0.29) is 12.5 Å². The number of carboxylic acids is 1. The molecule has 0 aliphatic heterocycles. The summed E-state index contributed by atoms with van der Waals surface area (Å²) in [5.41, 5.74) is 2.97. The fraction of sp³-hybridized carbons (Fsp3) is 0.222. The molecule has 0 amide bonds. The molecular formula is C18H14ClNO3S. The summed E-state index contributed by atoms with van der Waals surface area (Å²) in [6.45, 7) is 0. The van der Waals surface area contributed by atoms with Crippen molar-refractivity contribution in [1.82, 2.24) is 4.98 Å². The summed E-state index contributed by atoms with van der Waals surface area (Å²) in [7, 11) is 0. The van der Waals surface area contributed by atoms with E-state index in [0.717, 1.165) is 39.7 Å². The lowest BCUT2D eigenvalue weighted by molar-refractivity contribution is -0.136. The second-order valence-electron chi connectivity index (χ2n) is 5.79. The van der Waals surface area contributed by atoms with Gasteiger partial charge in [-0.15, -0.1) is 11.3 Å². The maximum atomic E-state index is 11.0. The number of hydrogen-bond donors (Lipinski definition) is 1. The lowest BCUT2D eigenvalue weighted by Crippen LogP contribution is -2.03. The smallest absolute Gasteiger partial charge is 0.307 e. The number of halogens is 1. The van der Waals surface area contributed by atoms with Crippen LogP contribution in [0, 0.1) is 0 Å². The zero-order chi connectivity index (χ0) is 16.7. The normalized spacial score (nSPS) is 16.3.